The summed E-state index contributed by atoms with van der Waals surface area (Å²) in [4.78, 5) is 23.1. The topological polar surface area (TPSA) is 104 Å². The van der Waals surface area contributed by atoms with Gasteiger partial charge in [-0.2, -0.15) is 16.9 Å². The van der Waals surface area contributed by atoms with Crippen molar-refractivity contribution in [3.8, 4) is 5.75 Å². The third-order valence-corrected chi connectivity index (χ3v) is 3.73. The number of thioether (sulfide) groups is 1. The summed E-state index contributed by atoms with van der Waals surface area (Å²) in [6.45, 7) is 0. The molecule has 22 heavy (non-hydrogen) atoms. The van der Waals surface area contributed by atoms with Gasteiger partial charge in [0.2, 0.25) is 0 Å². The van der Waals surface area contributed by atoms with Crippen molar-refractivity contribution in [2.45, 2.75) is 24.9 Å². The van der Waals surface area contributed by atoms with Gasteiger partial charge in [0.1, 0.15) is 5.75 Å². The highest BCUT2D eigenvalue weighted by atomic mass is 32.2. The summed E-state index contributed by atoms with van der Waals surface area (Å²) in [5.41, 5.74) is 6.07. The molecule has 1 rings (SSSR count). The number of carbonyl (C=O) groups excluding carboxylic acids is 1. The van der Waals surface area contributed by atoms with Gasteiger partial charge in [-0.3, -0.25) is 4.79 Å². The Bertz CT molecular complexity index is 512. The molecule has 8 heteroatoms. The van der Waals surface area contributed by atoms with Crippen molar-refractivity contribution in [1.82, 2.24) is 5.12 Å². The lowest BCUT2D eigenvalue weighted by Gasteiger charge is -2.22. The van der Waals surface area contributed by atoms with Crippen molar-refractivity contribution in [3.05, 3.63) is 29.8 Å². The molecule has 0 spiro atoms. The van der Waals surface area contributed by atoms with Crippen molar-refractivity contribution in [2.24, 2.45) is 5.73 Å². The maximum Gasteiger partial charge on any atom is 0.329 e. The highest BCUT2D eigenvalue weighted by molar-refractivity contribution is 7.98. The largest absolute Gasteiger partial charge is 0.508 e. The summed E-state index contributed by atoms with van der Waals surface area (Å²) in [5, 5.41) is 18.0. The number of amides is 1. The van der Waals surface area contributed by atoms with E-state index in [4.69, 9.17) is 10.8 Å². The van der Waals surface area contributed by atoms with Crippen LogP contribution in [-0.2, 0) is 16.0 Å². The predicted molar refractivity (Wildman–Crippen MR) is 82.2 cm³/mol. The maximum absolute atomic E-state index is 14.1. The number of benzene rings is 1. The van der Waals surface area contributed by atoms with Crippen LogP contribution in [0, 0.1) is 0 Å². The van der Waals surface area contributed by atoms with E-state index in [-0.39, 0.29) is 23.7 Å². The summed E-state index contributed by atoms with van der Waals surface area (Å²) in [7, 11) is 0. The number of rotatable bonds is 8. The van der Waals surface area contributed by atoms with E-state index in [0.717, 1.165) is 0 Å². The van der Waals surface area contributed by atoms with Gasteiger partial charge in [-0.15, -0.1) is 0 Å². The Balaban J connectivity index is 2.79. The fourth-order valence-electron chi connectivity index (χ4n) is 1.80. The van der Waals surface area contributed by atoms with E-state index in [1.54, 1.807) is 0 Å². The summed E-state index contributed by atoms with van der Waals surface area (Å²) in [6.07, 6.45) is 1.88. The molecule has 1 aromatic rings. The van der Waals surface area contributed by atoms with E-state index in [9.17, 15) is 19.2 Å². The van der Waals surface area contributed by atoms with Crippen molar-refractivity contribution in [1.29, 1.82) is 0 Å². The Kier molecular flexibility index (Phi) is 7.13. The number of nitrogens with two attached hydrogens (primary N) is 1. The molecule has 6 nitrogen and oxygen atoms in total. The first-order valence-corrected chi connectivity index (χ1v) is 8.00. The number of phenols is 1. The van der Waals surface area contributed by atoms with Crippen molar-refractivity contribution in [3.63, 3.8) is 0 Å². The zero-order valence-corrected chi connectivity index (χ0v) is 12.9. The predicted octanol–water partition coefficient (Wildman–Crippen LogP) is 1.18. The van der Waals surface area contributed by atoms with Gasteiger partial charge in [0.25, 0.3) is 5.91 Å². The van der Waals surface area contributed by atoms with Crippen LogP contribution in [0.5, 0.6) is 5.75 Å². The third kappa shape index (κ3) is 5.19. The minimum atomic E-state index is -1.66. The van der Waals surface area contributed by atoms with Gasteiger partial charge in [-0.05, 0) is 36.1 Å². The summed E-state index contributed by atoms with van der Waals surface area (Å²) < 4.78 is 14.1. The standard InChI is InChI=1S/C14H19FN2O4S/c1-22-7-6-11(16)13(19)17(15)12(14(20)21)8-9-2-4-10(18)5-3-9/h2-5,11-12,18H,6-8,16H2,1H3,(H,20,21)/t11-,12-/m0/s1. The van der Waals surface area contributed by atoms with Crippen LogP contribution in [0.1, 0.15) is 12.0 Å². The number of halogens is 1. The van der Waals surface area contributed by atoms with Crippen LogP contribution in [0.3, 0.4) is 0 Å². The Morgan fingerprint density at radius 1 is 1.36 bits per heavy atom. The number of hydrogen-bond acceptors (Lipinski definition) is 5. The van der Waals surface area contributed by atoms with E-state index in [1.807, 2.05) is 6.26 Å². The summed E-state index contributed by atoms with van der Waals surface area (Å²) >= 11 is 1.46. The van der Waals surface area contributed by atoms with Crippen LogP contribution >= 0.6 is 11.8 Å². The van der Waals surface area contributed by atoms with Gasteiger partial charge < -0.3 is 15.9 Å². The van der Waals surface area contributed by atoms with Crippen LogP contribution in [0.15, 0.2) is 24.3 Å². The highest BCUT2D eigenvalue weighted by Gasteiger charge is 2.33. The van der Waals surface area contributed by atoms with E-state index < -0.39 is 24.0 Å². The molecule has 0 saturated carbocycles. The zero-order valence-electron chi connectivity index (χ0n) is 12.1. The molecule has 0 radical (unpaired) electrons. The first-order valence-electron chi connectivity index (χ1n) is 6.61. The second-order valence-electron chi connectivity index (χ2n) is 4.76. The fourth-order valence-corrected chi connectivity index (χ4v) is 2.29. The van der Waals surface area contributed by atoms with Gasteiger partial charge >= 0.3 is 5.97 Å². The number of hydrogen-bond donors (Lipinski definition) is 3. The third-order valence-electron chi connectivity index (χ3n) is 3.08. The van der Waals surface area contributed by atoms with Crippen LogP contribution < -0.4 is 5.73 Å². The lowest BCUT2D eigenvalue weighted by molar-refractivity contribution is -0.166. The molecule has 0 bridgehead atoms. The van der Waals surface area contributed by atoms with Crippen LogP contribution in [0.4, 0.5) is 4.48 Å². The summed E-state index contributed by atoms with van der Waals surface area (Å²) in [6, 6.07) is 2.94. The molecule has 0 aliphatic rings. The number of aliphatic carboxylic acids is 1. The smallest absolute Gasteiger partial charge is 0.329 e. The lowest BCUT2D eigenvalue weighted by atomic mass is 10.0. The van der Waals surface area contributed by atoms with Crippen molar-refractivity contribution in [2.75, 3.05) is 12.0 Å². The van der Waals surface area contributed by atoms with Crippen LogP contribution in [0.2, 0.25) is 0 Å². The molecule has 0 aliphatic heterocycles. The first-order chi connectivity index (χ1) is 10.4. The maximum atomic E-state index is 14.1. The molecule has 1 aromatic carbocycles. The average molecular weight is 330 g/mol. The summed E-state index contributed by atoms with van der Waals surface area (Å²) in [5.74, 6) is -1.90. The van der Waals surface area contributed by atoms with Gasteiger partial charge in [0, 0.05) is 6.42 Å². The molecule has 4 N–H and O–H groups in total. The molecular formula is C14H19FN2O4S. The number of phenolic OH excluding ortho intramolecular Hbond substituents is 1. The molecule has 1 amide bonds. The van der Waals surface area contributed by atoms with Gasteiger partial charge in [-0.1, -0.05) is 16.6 Å². The van der Waals surface area contributed by atoms with E-state index in [2.05, 4.69) is 0 Å². The quantitative estimate of drug-likeness (QED) is 0.618. The van der Waals surface area contributed by atoms with E-state index >= 15 is 0 Å². The number of nitrogens with zero attached hydrogens (tertiary/aromatic N) is 1. The van der Waals surface area contributed by atoms with Crippen LogP contribution in [-0.4, -0.2) is 51.3 Å². The molecule has 0 saturated heterocycles. The number of carboxylic acid groups (broad SMARTS) is 1. The fraction of sp³-hybridized carbons (Fsp3) is 0.429. The molecule has 0 fully saturated rings. The minimum absolute atomic E-state index is 0.0166. The van der Waals surface area contributed by atoms with Gasteiger partial charge in [-0.25, -0.2) is 4.79 Å². The zero-order chi connectivity index (χ0) is 16.7. The normalized spacial score (nSPS) is 13.4. The van der Waals surface area contributed by atoms with Crippen LogP contribution in [0.25, 0.3) is 0 Å². The number of aromatic hydroxyl groups is 1. The highest BCUT2D eigenvalue weighted by Crippen LogP contribution is 2.15. The molecule has 0 unspecified atom stereocenters. The Hall–Kier alpha value is -1.80. The molecule has 0 aliphatic carbocycles. The SMILES string of the molecule is CSCC[C@H](N)C(=O)N(F)[C@@H](Cc1ccc(O)cc1)C(=O)O. The Morgan fingerprint density at radius 2 is 1.95 bits per heavy atom. The minimum Gasteiger partial charge on any atom is -0.508 e. The van der Waals surface area contributed by atoms with Gasteiger partial charge in [0.05, 0.1) is 6.04 Å². The molecule has 0 heterocycles. The second kappa shape index (κ2) is 8.60. The second-order valence-corrected chi connectivity index (χ2v) is 5.75. The van der Waals surface area contributed by atoms with E-state index in [0.29, 0.717) is 11.3 Å². The Labute approximate surface area is 132 Å². The van der Waals surface area contributed by atoms with Crippen molar-refractivity contribution >= 4 is 23.6 Å². The lowest BCUT2D eigenvalue weighted by Crippen LogP contribution is -2.48. The molecule has 0 aromatic heterocycles. The van der Waals surface area contributed by atoms with E-state index in [1.165, 1.54) is 36.0 Å². The number of carboxylic acids is 1. The average Bonchev–Trinajstić information content (AvgIpc) is 2.50. The molecular weight excluding hydrogens is 311 g/mol. The molecule has 2 atom stereocenters. The van der Waals surface area contributed by atoms with Gasteiger partial charge in [0.15, 0.2) is 6.04 Å². The Morgan fingerprint density at radius 3 is 2.45 bits per heavy atom. The number of carbonyl (C=O) groups is 2. The molecule has 122 valence electrons. The van der Waals surface area contributed by atoms with Crippen molar-refractivity contribution < 1.29 is 24.3 Å². The first kappa shape index (κ1) is 18.2. The monoisotopic (exact) mass is 330 g/mol.